The van der Waals surface area contributed by atoms with E-state index in [0.29, 0.717) is 4.88 Å². The SMILES string of the molecule is O=C(NCCC(=O)N1CCN(S(=O)(=O)c2cccc(F)c2)CC1)c1cccs1. The van der Waals surface area contributed by atoms with E-state index in [1.807, 2.05) is 0 Å². The number of carbonyl (C=O) groups excluding carboxylic acids is 2. The average molecular weight is 426 g/mol. The molecule has 0 bridgehead atoms. The Morgan fingerprint density at radius 2 is 1.86 bits per heavy atom. The van der Waals surface area contributed by atoms with Gasteiger partial charge in [-0.1, -0.05) is 12.1 Å². The lowest BCUT2D eigenvalue weighted by Crippen LogP contribution is -2.50. The molecule has 0 saturated carbocycles. The number of benzene rings is 1. The van der Waals surface area contributed by atoms with Crippen molar-refractivity contribution in [1.29, 1.82) is 0 Å². The molecule has 0 aliphatic carbocycles. The van der Waals surface area contributed by atoms with Crippen LogP contribution in [-0.4, -0.2) is 62.2 Å². The molecule has 2 amide bonds. The number of amides is 2. The molecule has 28 heavy (non-hydrogen) atoms. The summed E-state index contributed by atoms with van der Waals surface area (Å²) >= 11 is 1.33. The van der Waals surface area contributed by atoms with E-state index in [9.17, 15) is 22.4 Å². The van der Waals surface area contributed by atoms with Crippen molar-refractivity contribution in [2.75, 3.05) is 32.7 Å². The first-order valence-electron chi connectivity index (χ1n) is 8.73. The number of piperazine rings is 1. The van der Waals surface area contributed by atoms with Crippen LogP contribution in [0.4, 0.5) is 4.39 Å². The summed E-state index contributed by atoms with van der Waals surface area (Å²) in [6, 6.07) is 8.37. The van der Waals surface area contributed by atoms with Gasteiger partial charge in [-0.2, -0.15) is 4.31 Å². The predicted molar refractivity (Wildman–Crippen MR) is 103 cm³/mol. The molecule has 2 heterocycles. The number of hydrogen-bond acceptors (Lipinski definition) is 5. The minimum Gasteiger partial charge on any atom is -0.351 e. The number of carbonyl (C=O) groups is 2. The Kier molecular flexibility index (Phi) is 6.42. The molecular weight excluding hydrogens is 405 g/mol. The predicted octanol–water partition coefficient (Wildman–Crippen LogP) is 1.54. The first-order chi connectivity index (χ1) is 13.4. The molecule has 0 atom stereocenters. The standard InChI is InChI=1S/C18H20FN3O4S2/c19-14-3-1-4-15(13-14)28(25,26)22-10-8-21(9-11-22)17(23)6-7-20-18(24)16-5-2-12-27-16/h1-5,12-13H,6-11H2,(H,20,24). The molecule has 1 fully saturated rings. The topological polar surface area (TPSA) is 86.8 Å². The van der Waals surface area contributed by atoms with Crippen molar-refractivity contribution >= 4 is 33.2 Å². The molecule has 1 aliphatic rings. The fourth-order valence-electron chi connectivity index (χ4n) is 2.89. The Bertz CT molecular complexity index is 940. The highest BCUT2D eigenvalue weighted by Gasteiger charge is 2.30. The average Bonchev–Trinajstić information content (AvgIpc) is 3.23. The quantitative estimate of drug-likeness (QED) is 0.761. The summed E-state index contributed by atoms with van der Waals surface area (Å²) in [4.78, 5) is 26.2. The number of thiophene rings is 1. The smallest absolute Gasteiger partial charge is 0.261 e. The maximum absolute atomic E-state index is 13.3. The van der Waals surface area contributed by atoms with E-state index < -0.39 is 15.8 Å². The zero-order chi connectivity index (χ0) is 20.1. The van der Waals surface area contributed by atoms with Crippen molar-refractivity contribution < 1.29 is 22.4 Å². The maximum atomic E-state index is 13.3. The normalized spacial score (nSPS) is 15.4. The second-order valence-electron chi connectivity index (χ2n) is 6.23. The molecule has 1 aromatic heterocycles. The molecule has 2 aromatic rings. The highest BCUT2D eigenvalue weighted by molar-refractivity contribution is 7.89. The van der Waals surface area contributed by atoms with E-state index in [0.717, 1.165) is 6.07 Å². The van der Waals surface area contributed by atoms with Gasteiger partial charge in [-0.3, -0.25) is 9.59 Å². The zero-order valence-electron chi connectivity index (χ0n) is 15.0. The van der Waals surface area contributed by atoms with E-state index in [1.165, 1.54) is 33.8 Å². The molecule has 0 radical (unpaired) electrons. The van der Waals surface area contributed by atoms with Gasteiger partial charge in [-0.15, -0.1) is 11.3 Å². The first kappa shape index (κ1) is 20.4. The molecule has 1 aliphatic heterocycles. The molecule has 1 N–H and O–H groups in total. The van der Waals surface area contributed by atoms with E-state index in [4.69, 9.17) is 0 Å². The second-order valence-corrected chi connectivity index (χ2v) is 9.11. The van der Waals surface area contributed by atoms with E-state index in [1.54, 1.807) is 22.4 Å². The summed E-state index contributed by atoms with van der Waals surface area (Å²) in [7, 11) is -3.79. The third kappa shape index (κ3) is 4.75. The number of sulfonamides is 1. The Hall–Kier alpha value is -2.30. The largest absolute Gasteiger partial charge is 0.351 e. The van der Waals surface area contributed by atoms with Gasteiger partial charge in [-0.05, 0) is 29.6 Å². The van der Waals surface area contributed by atoms with E-state index in [2.05, 4.69) is 5.32 Å². The molecular formula is C18H20FN3O4S2. The van der Waals surface area contributed by atoms with Crippen molar-refractivity contribution in [3.8, 4) is 0 Å². The monoisotopic (exact) mass is 425 g/mol. The van der Waals surface area contributed by atoms with Crippen molar-refractivity contribution in [3.05, 3.63) is 52.5 Å². The summed E-state index contributed by atoms with van der Waals surface area (Å²) < 4.78 is 39.8. The molecule has 3 rings (SSSR count). The van der Waals surface area contributed by atoms with Crippen LogP contribution in [0.2, 0.25) is 0 Å². The lowest BCUT2D eigenvalue weighted by molar-refractivity contribution is -0.132. The van der Waals surface area contributed by atoms with Gasteiger partial charge in [0.05, 0.1) is 9.77 Å². The van der Waals surface area contributed by atoms with Crippen LogP contribution in [0, 0.1) is 5.82 Å². The zero-order valence-corrected chi connectivity index (χ0v) is 16.6. The van der Waals surface area contributed by atoms with Crippen molar-refractivity contribution in [3.63, 3.8) is 0 Å². The lowest BCUT2D eigenvalue weighted by atomic mass is 10.3. The van der Waals surface area contributed by atoms with Crippen LogP contribution in [0.25, 0.3) is 0 Å². The third-order valence-corrected chi connectivity index (χ3v) is 7.16. The molecule has 1 saturated heterocycles. The van der Waals surface area contributed by atoms with E-state index in [-0.39, 0.29) is 55.9 Å². The van der Waals surface area contributed by atoms with Gasteiger partial charge >= 0.3 is 0 Å². The van der Waals surface area contributed by atoms with Gasteiger partial charge in [0.25, 0.3) is 5.91 Å². The second kappa shape index (κ2) is 8.80. The molecule has 0 unspecified atom stereocenters. The highest BCUT2D eigenvalue weighted by Crippen LogP contribution is 2.18. The van der Waals surface area contributed by atoms with Crippen LogP contribution >= 0.6 is 11.3 Å². The maximum Gasteiger partial charge on any atom is 0.261 e. The molecule has 0 spiro atoms. The Balaban J connectivity index is 1.48. The van der Waals surface area contributed by atoms with Crippen LogP contribution in [0.1, 0.15) is 16.1 Å². The van der Waals surface area contributed by atoms with Crippen molar-refractivity contribution in [2.24, 2.45) is 0 Å². The lowest BCUT2D eigenvalue weighted by Gasteiger charge is -2.34. The Morgan fingerprint density at radius 1 is 1.11 bits per heavy atom. The third-order valence-electron chi connectivity index (χ3n) is 4.39. The van der Waals surface area contributed by atoms with E-state index >= 15 is 0 Å². The van der Waals surface area contributed by atoms with Crippen molar-refractivity contribution in [1.82, 2.24) is 14.5 Å². The van der Waals surface area contributed by atoms with Crippen LogP contribution in [0.15, 0.2) is 46.7 Å². The van der Waals surface area contributed by atoms with Crippen LogP contribution < -0.4 is 5.32 Å². The van der Waals surface area contributed by atoms with Gasteiger partial charge < -0.3 is 10.2 Å². The number of halogens is 1. The summed E-state index contributed by atoms with van der Waals surface area (Å²) in [5.41, 5.74) is 0. The summed E-state index contributed by atoms with van der Waals surface area (Å²) in [5.74, 6) is -0.970. The van der Waals surface area contributed by atoms with Crippen molar-refractivity contribution in [2.45, 2.75) is 11.3 Å². The minimum atomic E-state index is -3.79. The molecule has 1 aromatic carbocycles. The summed E-state index contributed by atoms with van der Waals surface area (Å²) in [6.07, 6.45) is 0.147. The first-order valence-corrected chi connectivity index (χ1v) is 11.0. The van der Waals surface area contributed by atoms with Gasteiger partial charge in [0.1, 0.15) is 5.82 Å². The van der Waals surface area contributed by atoms with Gasteiger partial charge in [-0.25, -0.2) is 12.8 Å². The number of rotatable bonds is 6. The fourth-order valence-corrected chi connectivity index (χ4v) is 4.98. The highest BCUT2D eigenvalue weighted by atomic mass is 32.2. The van der Waals surface area contributed by atoms with Gasteiger partial charge in [0.2, 0.25) is 15.9 Å². The summed E-state index contributed by atoms with van der Waals surface area (Å²) in [5, 5.41) is 4.50. The molecule has 10 heteroatoms. The number of hydrogen-bond donors (Lipinski definition) is 1. The number of nitrogens with one attached hydrogen (secondary N) is 1. The Morgan fingerprint density at radius 3 is 2.50 bits per heavy atom. The van der Waals surface area contributed by atoms with Crippen LogP contribution in [0.3, 0.4) is 0 Å². The minimum absolute atomic E-state index is 0.0939. The fraction of sp³-hybridized carbons (Fsp3) is 0.333. The molecule has 7 nitrogen and oxygen atoms in total. The summed E-state index contributed by atoms with van der Waals surface area (Å²) in [6.45, 7) is 1.02. The number of nitrogens with zero attached hydrogens (tertiary/aromatic N) is 2. The molecule has 150 valence electrons. The van der Waals surface area contributed by atoms with Crippen LogP contribution in [-0.2, 0) is 14.8 Å². The van der Waals surface area contributed by atoms with Gasteiger partial charge in [0, 0.05) is 39.1 Å². The Labute approximate surface area is 166 Å². The van der Waals surface area contributed by atoms with Crippen LogP contribution in [0.5, 0.6) is 0 Å². The van der Waals surface area contributed by atoms with Gasteiger partial charge in [0.15, 0.2) is 0 Å².